The van der Waals surface area contributed by atoms with Gasteiger partial charge in [0.1, 0.15) is 5.92 Å². The minimum Gasteiger partial charge on any atom is -0.376 e. The minimum atomic E-state index is -0.909. The molecule has 0 rings (SSSR count). The van der Waals surface area contributed by atoms with Crippen LogP contribution in [0.1, 0.15) is 27.2 Å². The average Bonchev–Trinajstić information content (AvgIpc) is 2.28. The first-order valence-electron chi connectivity index (χ1n) is 5.97. The molecule has 0 heterocycles. The fourth-order valence-corrected chi connectivity index (χ4v) is 1.96. The molecule has 108 valence electrons. The Hall–Kier alpha value is -1.28. The summed E-state index contributed by atoms with van der Waals surface area (Å²) in [6.45, 7) is 5.73. The number of nitrogens with one attached hydrogen (secondary N) is 1. The molecular weight excluding hydrogens is 284 g/mol. The highest BCUT2D eigenvalue weighted by molar-refractivity contribution is 7.80. The van der Waals surface area contributed by atoms with Crippen molar-refractivity contribution >= 4 is 46.5 Å². The van der Waals surface area contributed by atoms with Gasteiger partial charge in [-0.2, -0.15) is 0 Å². The fourth-order valence-electron chi connectivity index (χ4n) is 1.64. The Kier molecular flexibility index (Phi) is 7.47. The number of hydrogen-bond donors (Lipinski definition) is 3. The zero-order chi connectivity index (χ0) is 15.2. The summed E-state index contributed by atoms with van der Waals surface area (Å²) in [4.78, 5) is 25.6. The first-order chi connectivity index (χ1) is 8.76. The van der Waals surface area contributed by atoms with E-state index in [9.17, 15) is 9.59 Å². The number of carbonyl (C=O) groups is 2. The molecule has 0 spiro atoms. The van der Waals surface area contributed by atoms with Gasteiger partial charge in [-0.1, -0.05) is 20.3 Å². The maximum atomic E-state index is 12.4. The maximum absolute atomic E-state index is 12.4. The smallest absolute Gasteiger partial charge is 0.241 e. The molecule has 5 N–H and O–H groups in total. The lowest BCUT2D eigenvalue weighted by atomic mass is 9.89. The number of hydrogen-bond acceptors (Lipinski definition) is 4. The van der Waals surface area contributed by atoms with Crippen LogP contribution in [0.3, 0.4) is 0 Å². The molecule has 0 fully saturated rings. The summed E-state index contributed by atoms with van der Waals surface area (Å²) < 4.78 is 0. The Balaban J connectivity index is 5.24. The number of nitrogens with zero attached hydrogens (tertiary/aromatic N) is 1. The summed E-state index contributed by atoms with van der Waals surface area (Å²) in [5.41, 5.74) is 10.7. The molecule has 0 aromatic carbocycles. The van der Waals surface area contributed by atoms with E-state index >= 15 is 0 Å². The van der Waals surface area contributed by atoms with Crippen molar-refractivity contribution in [3.63, 3.8) is 0 Å². The van der Waals surface area contributed by atoms with Gasteiger partial charge in [-0.05, 0) is 37.3 Å². The van der Waals surface area contributed by atoms with E-state index < -0.39 is 17.7 Å². The highest BCUT2D eigenvalue weighted by atomic mass is 32.1. The summed E-state index contributed by atoms with van der Waals surface area (Å²) in [5.74, 6) is -2.04. The van der Waals surface area contributed by atoms with Gasteiger partial charge in [-0.15, -0.1) is 0 Å². The van der Waals surface area contributed by atoms with E-state index in [0.717, 1.165) is 0 Å². The lowest BCUT2D eigenvalue weighted by molar-refractivity contribution is -0.140. The summed E-state index contributed by atoms with van der Waals surface area (Å²) in [7, 11) is 0. The summed E-state index contributed by atoms with van der Waals surface area (Å²) >= 11 is 9.43. The molecule has 0 aromatic heterocycles. The van der Waals surface area contributed by atoms with Crippen LogP contribution < -0.4 is 16.8 Å². The Morgan fingerprint density at radius 3 is 2.11 bits per heavy atom. The standard InChI is InChI=1S/C11H20N4O2S2/c1-4-6(3)7(8(16)14-10(12)18)9(17)15(5-2)11(13)19/h6-7H,4-5H2,1-3H3,(H2,13,19)(H3,12,14,16,18). The molecule has 6 nitrogen and oxygen atoms in total. The van der Waals surface area contributed by atoms with Crippen LogP contribution in [-0.2, 0) is 9.59 Å². The van der Waals surface area contributed by atoms with E-state index in [1.165, 1.54) is 4.90 Å². The SMILES string of the molecule is CCC(C)C(C(=O)NC(N)=S)C(=O)N(CC)C(N)=S. The van der Waals surface area contributed by atoms with Crippen molar-refractivity contribution < 1.29 is 9.59 Å². The van der Waals surface area contributed by atoms with Gasteiger partial charge >= 0.3 is 0 Å². The normalized spacial score (nSPS) is 13.2. The van der Waals surface area contributed by atoms with Gasteiger partial charge in [0.15, 0.2) is 10.2 Å². The fraction of sp³-hybridized carbons (Fsp3) is 0.636. The largest absolute Gasteiger partial charge is 0.376 e. The Bertz CT molecular complexity index is 387. The van der Waals surface area contributed by atoms with Gasteiger partial charge in [0, 0.05) is 6.54 Å². The second-order valence-electron chi connectivity index (χ2n) is 4.14. The second kappa shape index (κ2) is 8.00. The number of amides is 2. The molecule has 0 aliphatic carbocycles. The molecule has 0 saturated carbocycles. The van der Waals surface area contributed by atoms with Gasteiger partial charge in [0.25, 0.3) is 0 Å². The van der Waals surface area contributed by atoms with Gasteiger partial charge in [-0.25, -0.2) is 0 Å². The van der Waals surface area contributed by atoms with Crippen LogP contribution >= 0.6 is 24.4 Å². The van der Waals surface area contributed by atoms with Gasteiger partial charge in [-0.3, -0.25) is 14.5 Å². The van der Waals surface area contributed by atoms with Crippen LogP contribution in [0.2, 0.25) is 0 Å². The molecule has 0 aliphatic heterocycles. The molecule has 0 bridgehead atoms. The zero-order valence-corrected chi connectivity index (χ0v) is 12.9. The number of nitrogens with two attached hydrogens (primary N) is 2. The number of thiocarbonyl (C=S) groups is 2. The van der Waals surface area contributed by atoms with Crippen molar-refractivity contribution in [2.75, 3.05) is 6.54 Å². The third kappa shape index (κ3) is 5.07. The van der Waals surface area contributed by atoms with Gasteiger partial charge in [0.05, 0.1) is 0 Å². The monoisotopic (exact) mass is 304 g/mol. The van der Waals surface area contributed by atoms with Crippen molar-refractivity contribution in [3.05, 3.63) is 0 Å². The van der Waals surface area contributed by atoms with Gasteiger partial charge in [0.2, 0.25) is 11.8 Å². The molecule has 0 aliphatic rings. The quantitative estimate of drug-likeness (QED) is 0.492. The van der Waals surface area contributed by atoms with Crippen LogP contribution in [0.4, 0.5) is 0 Å². The Labute approximate surface area is 123 Å². The van der Waals surface area contributed by atoms with Crippen molar-refractivity contribution in [2.45, 2.75) is 27.2 Å². The van der Waals surface area contributed by atoms with Crippen molar-refractivity contribution in [2.24, 2.45) is 23.3 Å². The van der Waals surface area contributed by atoms with Crippen molar-refractivity contribution in [1.82, 2.24) is 10.2 Å². The molecular formula is C11H20N4O2S2. The lowest BCUT2D eigenvalue weighted by Gasteiger charge is -2.27. The van der Waals surface area contributed by atoms with E-state index in [2.05, 4.69) is 17.5 Å². The highest BCUT2D eigenvalue weighted by Crippen LogP contribution is 2.18. The summed E-state index contributed by atoms with van der Waals surface area (Å²) in [6.07, 6.45) is 0.649. The van der Waals surface area contributed by atoms with Gasteiger partial charge < -0.3 is 16.8 Å². The topological polar surface area (TPSA) is 101 Å². The zero-order valence-electron chi connectivity index (χ0n) is 11.3. The van der Waals surface area contributed by atoms with Crippen LogP contribution in [0.5, 0.6) is 0 Å². The molecule has 0 radical (unpaired) electrons. The molecule has 2 amide bonds. The predicted molar refractivity (Wildman–Crippen MR) is 82.0 cm³/mol. The van der Waals surface area contributed by atoms with Crippen LogP contribution in [-0.4, -0.2) is 33.5 Å². The van der Waals surface area contributed by atoms with E-state index in [1.54, 1.807) is 13.8 Å². The molecule has 0 aromatic rings. The molecule has 0 saturated heterocycles. The first-order valence-corrected chi connectivity index (χ1v) is 6.78. The molecule has 19 heavy (non-hydrogen) atoms. The number of rotatable bonds is 5. The maximum Gasteiger partial charge on any atom is 0.241 e. The van der Waals surface area contributed by atoms with E-state index in [-0.39, 0.29) is 16.1 Å². The Morgan fingerprint density at radius 2 is 1.79 bits per heavy atom. The predicted octanol–water partition coefficient (Wildman–Crippen LogP) is 0.101. The average molecular weight is 304 g/mol. The third-order valence-electron chi connectivity index (χ3n) is 2.86. The molecule has 8 heteroatoms. The number of carbonyl (C=O) groups excluding carboxylic acids is 2. The third-order valence-corrected chi connectivity index (χ3v) is 3.18. The second-order valence-corrected chi connectivity index (χ2v) is 5.00. The van der Waals surface area contributed by atoms with Crippen LogP contribution in [0.15, 0.2) is 0 Å². The molecule has 2 atom stereocenters. The molecule has 2 unspecified atom stereocenters. The van der Waals surface area contributed by atoms with Crippen molar-refractivity contribution in [3.8, 4) is 0 Å². The van der Waals surface area contributed by atoms with Crippen LogP contribution in [0.25, 0.3) is 0 Å². The first kappa shape index (κ1) is 17.7. The van der Waals surface area contributed by atoms with E-state index in [1.807, 2.05) is 6.92 Å². The summed E-state index contributed by atoms with van der Waals surface area (Å²) in [5, 5.41) is 2.08. The highest BCUT2D eigenvalue weighted by Gasteiger charge is 2.35. The summed E-state index contributed by atoms with van der Waals surface area (Å²) in [6, 6.07) is 0. The minimum absolute atomic E-state index is 0.0519. The van der Waals surface area contributed by atoms with E-state index in [4.69, 9.17) is 23.7 Å². The van der Waals surface area contributed by atoms with Crippen molar-refractivity contribution in [1.29, 1.82) is 0 Å². The van der Waals surface area contributed by atoms with Crippen LogP contribution in [0, 0.1) is 11.8 Å². The Morgan fingerprint density at radius 1 is 1.26 bits per heavy atom. The lowest BCUT2D eigenvalue weighted by Crippen LogP contribution is -2.51. The van der Waals surface area contributed by atoms with E-state index in [0.29, 0.717) is 13.0 Å².